The Labute approximate surface area is 191 Å². The third-order valence-corrected chi connectivity index (χ3v) is 4.73. The van der Waals surface area contributed by atoms with Gasteiger partial charge in [-0.25, -0.2) is 4.79 Å². The van der Waals surface area contributed by atoms with E-state index >= 15 is 0 Å². The van der Waals surface area contributed by atoms with E-state index in [0.29, 0.717) is 0 Å². The Morgan fingerprint density at radius 2 is 1.24 bits per heavy atom. The first kappa shape index (κ1) is 25.5. The minimum atomic E-state index is -1.31. The average Bonchev–Trinajstić information content (AvgIpc) is 2.83. The van der Waals surface area contributed by atoms with Gasteiger partial charge in [0.25, 0.3) is 0 Å². The fourth-order valence-electron chi connectivity index (χ4n) is 2.82. The summed E-state index contributed by atoms with van der Waals surface area (Å²) in [6.45, 7) is 0.192. The summed E-state index contributed by atoms with van der Waals surface area (Å²) >= 11 is 0. The Hall–Kier alpha value is -3.72. The van der Waals surface area contributed by atoms with Crippen LogP contribution in [0.5, 0.6) is 0 Å². The second kappa shape index (κ2) is 13.6. The molecule has 2 aromatic carbocycles. The van der Waals surface area contributed by atoms with E-state index in [4.69, 9.17) is 15.2 Å². The molecular weight excluding hydrogens is 428 g/mol. The van der Waals surface area contributed by atoms with E-state index in [1.807, 2.05) is 48.5 Å². The van der Waals surface area contributed by atoms with Gasteiger partial charge in [0.15, 0.2) is 0 Å². The molecule has 9 nitrogen and oxygen atoms in total. The molecule has 9 heteroatoms. The zero-order chi connectivity index (χ0) is 24.1. The van der Waals surface area contributed by atoms with Gasteiger partial charge in [0.1, 0.15) is 19.3 Å². The molecule has 0 unspecified atom stereocenters. The van der Waals surface area contributed by atoms with Gasteiger partial charge in [-0.15, -0.1) is 0 Å². The number of hydrogen-bond acceptors (Lipinski definition) is 7. The van der Waals surface area contributed by atoms with Crippen LogP contribution in [0.15, 0.2) is 60.7 Å². The average molecular weight is 456 g/mol. The van der Waals surface area contributed by atoms with Gasteiger partial charge in [0.2, 0.25) is 5.91 Å². The van der Waals surface area contributed by atoms with Crippen LogP contribution < -0.4 is 11.1 Å². The molecule has 1 amide bonds. The van der Waals surface area contributed by atoms with Gasteiger partial charge in [0.05, 0.1) is 6.04 Å². The minimum Gasteiger partial charge on any atom is -0.480 e. The van der Waals surface area contributed by atoms with Crippen molar-refractivity contribution in [2.45, 2.75) is 51.0 Å². The number of carboxylic acids is 1. The summed E-state index contributed by atoms with van der Waals surface area (Å²) in [4.78, 5) is 47.5. The van der Waals surface area contributed by atoms with E-state index in [9.17, 15) is 24.3 Å². The smallest absolute Gasteiger partial charge is 0.326 e. The lowest BCUT2D eigenvalue weighted by Gasteiger charge is -2.17. The number of amides is 1. The van der Waals surface area contributed by atoms with Crippen LogP contribution in [0.1, 0.15) is 36.8 Å². The summed E-state index contributed by atoms with van der Waals surface area (Å²) in [6, 6.07) is 15.8. The molecule has 176 valence electrons. The van der Waals surface area contributed by atoms with Gasteiger partial charge < -0.3 is 25.6 Å². The number of esters is 2. The maximum Gasteiger partial charge on any atom is 0.326 e. The fourth-order valence-corrected chi connectivity index (χ4v) is 2.82. The molecule has 2 atom stereocenters. The summed E-state index contributed by atoms with van der Waals surface area (Å²) < 4.78 is 10.2. The first-order valence-electron chi connectivity index (χ1n) is 10.5. The second-order valence-corrected chi connectivity index (χ2v) is 7.38. The standard InChI is InChI=1S/C24H28N2O7/c25-19(11-13-21(27)32-15-17-7-3-1-4-8-17)23(29)26-20(24(30)31)12-14-22(28)33-16-18-9-5-2-6-10-18/h1-10,19-20H,11-16,25H2,(H,26,29)(H,30,31)/t19-,20-/m0/s1. The van der Waals surface area contributed by atoms with Crippen molar-refractivity contribution in [3.05, 3.63) is 71.8 Å². The van der Waals surface area contributed by atoms with E-state index in [0.717, 1.165) is 11.1 Å². The zero-order valence-corrected chi connectivity index (χ0v) is 18.1. The minimum absolute atomic E-state index is 0.00902. The maximum atomic E-state index is 12.2. The molecular formula is C24H28N2O7. The number of nitrogens with one attached hydrogen (secondary N) is 1. The number of carbonyl (C=O) groups excluding carboxylic acids is 3. The van der Waals surface area contributed by atoms with Crippen LogP contribution in [0.2, 0.25) is 0 Å². The third-order valence-electron chi connectivity index (χ3n) is 4.73. The topological polar surface area (TPSA) is 145 Å². The summed E-state index contributed by atoms with van der Waals surface area (Å²) in [6.07, 6.45) is -0.443. The van der Waals surface area contributed by atoms with Crippen molar-refractivity contribution in [2.75, 3.05) is 0 Å². The molecule has 2 rings (SSSR count). The van der Waals surface area contributed by atoms with Gasteiger partial charge in [0, 0.05) is 12.8 Å². The highest BCUT2D eigenvalue weighted by atomic mass is 16.5. The van der Waals surface area contributed by atoms with Crippen molar-refractivity contribution in [2.24, 2.45) is 5.73 Å². The zero-order valence-electron chi connectivity index (χ0n) is 18.1. The largest absolute Gasteiger partial charge is 0.480 e. The summed E-state index contributed by atoms with van der Waals surface area (Å²) in [5.74, 6) is -3.12. The quantitative estimate of drug-likeness (QED) is 0.388. The predicted molar refractivity (Wildman–Crippen MR) is 118 cm³/mol. The van der Waals surface area contributed by atoms with Gasteiger partial charge in [-0.2, -0.15) is 0 Å². The molecule has 0 aromatic heterocycles. The van der Waals surface area contributed by atoms with Crippen LogP contribution in [0.3, 0.4) is 0 Å². The number of nitrogens with two attached hydrogens (primary N) is 1. The lowest BCUT2D eigenvalue weighted by molar-refractivity contribution is -0.147. The monoisotopic (exact) mass is 456 g/mol. The summed E-state index contributed by atoms with van der Waals surface area (Å²) in [7, 11) is 0. The summed E-state index contributed by atoms with van der Waals surface area (Å²) in [5.41, 5.74) is 7.43. The van der Waals surface area contributed by atoms with Gasteiger partial charge in [-0.1, -0.05) is 60.7 Å². The van der Waals surface area contributed by atoms with Crippen LogP contribution >= 0.6 is 0 Å². The first-order chi connectivity index (χ1) is 15.8. The highest BCUT2D eigenvalue weighted by Gasteiger charge is 2.24. The molecule has 0 radical (unpaired) electrons. The maximum absolute atomic E-state index is 12.2. The summed E-state index contributed by atoms with van der Waals surface area (Å²) in [5, 5.41) is 11.6. The molecule has 0 aliphatic heterocycles. The lowest BCUT2D eigenvalue weighted by Crippen LogP contribution is -2.48. The normalized spacial score (nSPS) is 12.3. The predicted octanol–water partition coefficient (Wildman–Crippen LogP) is 1.93. The molecule has 0 spiro atoms. The number of hydrogen-bond donors (Lipinski definition) is 3. The van der Waals surface area contributed by atoms with E-state index in [-0.39, 0.29) is 38.9 Å². The Morgan fingerprint density at radius 1 is 0.788 bits per heavy atom. The van der Waals surface area contributed by atoms with Crippen molar-refractivity contribution in [3.63, 3.8) is 0 Å². The van der Waals surface area contributed by atoms with Crippen molar-refractivity contribution in [1.29, 1.82) is 0 Å². The molecule has 4 N–H and O–H groups in total. The highest BCUT2D eigenvalue weighted by Crippen LogP contribution is 2.07. The van der Waals surface area contributed by atoms with E-state index in [1.54, 1.807) is 12.1 Å². The van der Waals surface area contributed by atoms with Crippen LogP contribution in [0, 0.1) is 0 Å². The molecule has 2 aromatic rings. The Bertz CT molecular complexity index is 919. The lowest BCUT2D eigenvalue weighted by atomic mass is 10.1. The number of ether oxygens (including phenoxy) is 2. The number of rotatable bonds is 13. The molecule has 0 bridgehead atoms. The molecule has 0 saturated heterocycles. The Kier molecular flexibility index (Phi) is 10.6. The molecule has 0 fully saturated rings. The number of carboxylic acid groups (broad SMARTS) is 1. The van der Waals surface area contributed by atoms with Gasteiger partial charge >= 0.3 is 17.9 Å². The van der Waals surface area contributed by atoms with Gasteiger partial charge in [-0.05, 0) is 24.0 Å². The molecule has 0 heterocycles. The van der Waals surface area contributed by atoms with E-state index in [1.165, 1.54) is 0 Å². The van der Waals surface area contributed by atoms with E-state index in [2.05, 4.69) is 5.32 Å². The third kappa shape index (κ3) is 9.96. The number of aliphatic carboxylic acids is 1. The highest BCUT2D eigenvalue weighted by molar-refractivity contribution is 5.87. The molecule has 0 aliphatic carbocycles. The molecule has 0 saturated carbocycles. The number of carbonyl (C=O) groups is 4. The van der Waals surface area contributed by atoms with Crippen LogP contribution in [0.25, 0.3) is 0 Å². The van der Waals surface area contributed by atoms with Crippen molar-refractivity contribution >= 4 is 23.8 Å². The number of benzene rings is 2. The molecule has 33 heavy (non-hydrogen) atoms. The first-order valence-corrected chi connectivity index (χ1v) is 10.5. The Morgan fingerprint density at radius 3 is 1.70 bits per heavy atom. The van der Waals surface area contributed by atoms with Crippen LogP contribution in [-0.2, 0) is 41.9 Å². The van der Waals surface area contributed by atoms with Crippen LogP contribution in [0.4, 0.5) is 0 Å². The van der Waals surface area contributed by atoms with Crippen molar-refractivity contribution in [1.82, 2.24) is 5.32 Å². The van der Waals surface area contributed by atoms with Crippen LogP contribution in [-0.4, -0.2) is 41.0 Å². The second-order valence-electron chi connectivity index (χ2n) is 7.38. The van der Waals surface area contributed by atoms with Crippen molar-refractivity contribution < 1.29 is 33.8 Å². The van der Waals surface area contributed by atoms with E-state index < -0.39 is 35.9 Å². The van der Waals surface area contributed by atoms with Gasteiger partial charge in [-0.3, -0.25) is 14.4 Å². The Balaban J connectivity index is 1.70. The SMILES string of the molecule is N[C@@H](CCC(=O)OCc1ccccc1)C(=O)N[C@@H](CCC(=O)OCc1ccccc1)C(=O)O. The molecule has 0 aliphatic rings. The fraction of sp³-hybridized carbons (Fsp3) is 0.333. The van der Waals surface area contributed by atoms with Crippen molar-refractivity contribution in [3.8, 4) is 0 Å².